The van der Waals surface area contributed by atoms with Crippen molar-refractivity contribution in [3.05, 3.63) is 29.8 Å². The lowest BCUT2D eigenvalue weighted by atomic mass is 10.2. The summed E-state index contributed by atoms with van der Waals surface area (Å²) >= 11 is 0. The normalized spacial score (nSPS) is 14.2. The average molecular weight is 276 g/mol. The third-order valence-electron chi connectivity index (χ3n) is 3.10. The third-order valence-corrected chi connectivity index (χ3v) is 3.10. The van der Waals surface area contributed by atoms with Gasteiger partial charge in [-0.05, 0) is 30.7 Å². The Bertz CT molecular complexity index is 524. The largest absolute Gasteiger partial charge is 0.465 e. The van der Waals surface area contributed by atoms with Crippen LogP contribution in [0.15, 0.2) is 24.3 Å². The fourth-order valence-electron chi connectivity index (χ4n) is 2.05. The van der Waals surface area contributed by atoms with Crippen LogP contribution < -0.4 is 5.32 Å². The van der Waals surface area contributed by atoms with E-state index >= 15 is 0 Å². The zero-order valence-corrected chi connectivity index (χ0v) is 11.2. The molecule has 0 atom stereocenters. The minimum Gasteiger partial charge on any atom is -0.465 e. The molecule has 0 unspecified atom stereocenters. The Balaban J connectivity index is 1.91. The molecule has 20 heavy (non-hydrogen) atoms. The molecule has 1 aromatic carbocycles. The molecule has 1 aromatic rings. The number of carbonyl (C=O) groups excluding carboxylic acids is 3. The Hall–Kier alpha value is -2.37. The van der Waals surface area contributed by atoms with E-state index in [1.807, 2.05) is 0 Å². The number of hydrogen-bond donors (Lipinski definition) is 1. The van der Waals surface area contributed by atoms with Crippen LogP contribution in [-0.4, -0.2) is 42.9 Å². The molecule has 0 aliphatic carbocycles. The van der Waals surface area contributed by atoms with Gasteiger partial charge in [0.2, 0.25) is 11.8 Å². The maximum absolute atomic E-state index is 11.8. The first-order valence-electron chi connectivity index (χ1n) is 6.36. The highest BCUT2D eigenvalue weighted by atomic mass is 16.5. The number of benzene rings is 1. The van der Waals surface area contributed by atoms with E-state index in [0.29, 0.717) is 24.2 Å². The highest BCUT2D eigenvalue weighted by Gasteiger charge is 2.22. The van der Waals surface area contributed by atoms with Crippen LogP contribution in [0, 0.1) is 0 Å². The molecule has 0 bridgehead atoms. The molecule has 1 N–H and O–H groups in total. The minimum atomic E-state index is -0.425. The van der Waals surface area contributed by atoms with Gasteiger partial charge in [-0.25, -0.2) is 4.79 Å². The quantitative estimate of drug-likeness (QED) is 0.833. The van der Waals surface area contributed by atoms with Gasteiger partial charge in [-0.1, -0.05) is 0 Å². The summed E-state index contributed by atoms with van der Waals surface area (Å²) in [7, 11) is 1.31. The van der Waals surface area contributed by atoms with Crippen molar-refractivity contribution in [2.24, 2.45) is 0 Å². The number of rotatable bonds is 4. The van der Waals surface area contributed by atoms with Crippen LogP contribution >= 0.6 is 0 Å². The predicted molar refractivity (Wildman–Crippen MR) is 72.2 cm³/mol. The van der Waals surface area contributed by atoms with Crippen LogP contribution in [0.5, 0.6) is 0 Å². The minimum absolute atomic E-state index is 0.0150. The Morgan fingerprint density at radius 3 is 2.55 bits per heavy atom. The fourth-order valence-corrected chi connectivity index (χ4v) is 2.05. The third kappa shape index (κ3) is 3.34. The number of likely N-dealkylation sites (tertiary alicyclic amines) is 1. The maximum Gasteiger partial charge on any atom is 0.337 e. The molecule has 6 heteroatoms. The number of carbonyl (C=O) groups is 3. The molecule has 1 saturated heterocycles. The van der Waals surface area contributed by atoms with Gasteiger partial charge < -0.3 is 15.0 Å². The van der Waals surface area contributed by atoms with Crippen LogP contribution in [0.3, 0.4) is 0 Å². The molecule has 0 spiro atoms. The Morgan fingerprint density at radius 2 is 2.00 bits per heavy atom. The van der Waals surface area contributed by atoms with Crippen molar-refractivity contribution in [1.82, 2.24) is 4.90 Å². The first-order valence-corrected chi connectivity index (χ1v) is 6.36. The molecule has 1 heterocycles. The summed E-state index contributed by atoms with van der Waals surface area (Å²) in [6, 6.07) is 6.39. The number of anilines is 1. The molecule has 1 fully saturated rings. The van der Waals surface area contributed by atoms with Gasteiger partial charge in [-0.15, -0.1) is 0 Å². The van der Waals surface area contributed by atoms with Gasteiger partial charge in [0, 0.05) is 18.7 Å². The van der Waals surface area contributed by atoms with Crippen molar-refractivity contribution < 1.29 is 19.1 Å². The van der Waals surface area contributed by atoms with E-state index in [-0.39, 0.29) is 18.4 Å². The number of ether oxygens (including phenoxy) is 1. The van der Waals surface area contributed by atoms with E-state index in [2.05, 4.69) is 10.1 Å². The Kier molecular flexibility index (Phi) is 4.34. The first kappa shape index (κ1) is 14.0. The van der Waals surface area contributed by atoms with Crippen LogP contribution in [0.2, 0.25) is 0 Å². The van der Waals surface area contributed by atoms with Gasteiger partial charge in [0.15, 0.2) is 0 Å². The summed E-state index contributed by atoms with van der Waals surface area (Å²) in [5, 5.41) is 2.69. The van der Waals surface area contributed by atoms with Crippen LogP contribution in [0.4, 0.5) is 5.69 Å². The van der Waals surface area contributed by atoms with E-state index in [1.165, 1.54) is 12.0 Å². The molecular formula is C14H16N2O4. The van der Waals surface area contributed by atoms with Gasteiger partial charge in [0.05, 0.1) is 19.2 Å². The summed E-state index contributed by atoms with van der Waals surface area (Å²) in [6.07, 6.45) is 1.32. The number of amides is 2. The van der Waals surface area contributed by atoms with Crippen molar-refractivity contribution in [2.75, 3.05) is 25.5 Å². The Labute approximate surface area is 116 Å². The van der Waals surface area contributed by atoms with E-state index in [4.69, 9.17) is 0 Å². The standard InChI is InChI=1S/C14H16N2O4/c1-20-14(19)10-4-6-11(7-5-10)15-12(17)9-16-8-2-3-13(16)18/h4-7H,2-3,8-9H2,1H3,(H,15,17). The van der Waals surface area contributed by atoms with Gasteiger partial charge in [-0.2, -0.15) is 0 Å². The topological polar surface area (TPSA) is 75.7 Å². The zero-order valence-electron chi connectivity index (χ0n) is 11.2. The van der Waals surface area contributed by atoms with E-state index in [1.54, 1.807) is 24.3 Å². The number of nitrogens with zero attached hydrogens (tertiary/aromatic N) is 1. The summed E-state index contributed by atoms with van der Waals surface area (Å²) in [4.78, 5) is 36.0. The average Bonchev–Trinajstić information content (AvgIpc) is 2.84. The molecule has 6 nitrogen and oxygen atoms in total. The number of esters is 1. The zero-order chi connectivity index (χ0) is 14.5. The second kappa shape index (κ2) is 6.18. The van der Waals surface area contributed by atoms with Gasteiger partial charge >= 0.3 is 5.97 Å². The molecule has 0 radical (unpaired) electrons. The first-order chi connectivity index (χ1) is 9.60. The molecule has 2 amide bonds. The molecule has 1 aliphatic rings. The maximum atomic E-state index is 11.8. The lowest BCUT2D eigenvalue weighted by Crippen LogP contribution is -2.33. The summed E-state index contributed by atoms with van der Waals surface area (Å²) in [5.74, 6) is -0.655. The highest BCUT2D eigenvalue weighted by Crippen LogP contribution is 2.12. The Morgan fingerprint density at radius 1 is 1.30 bits per heavy atom. The second-order valence-corrected chi connectivity index (χ2v) is 4.54. The van der Waals surface area contributed by atoms with Gasteiger partial charge in [0.25, 0.3) is 0 Å². The molecular weight excluding hydrogens is 260 g/mol. The second-order valence-electron chi connectivity index (χ2n) is 4.54. The monoisotopic (exact) mass is 276 g/mol. The van der Waals surface area contributed by atoms with Crippen molar-refractivity contribution >= 4 is 23.5 Å². The van der Waals surface area contributed by atoms with Gasteiger partial charge in [-0.3, -0.25) is 9.59 Å². The van der Waals surface area contributed by atoms with Crippen LogP contribution in [0.1, 0.15) is 23.2 Å². The summed E-state index contributed by atoms with van der Waals surface area (Å²) in [5.41, 5.74) is 0.995. The number of nitrogens with one attached hydrogen (secondary N) is 1. The van der Waals surface area contributed by atoms with Crippen LogP contribution in [0.25, 0.3) is 0 Å². The van der Waals surface area contributed by atoms with Crippen molar-refractivity contribution in [1.29, 1.82) is 0 Å². The SMILES string of the molecule is COC(=O)c1ccc(NC(=O)CN2CCCC2=O)cc1. The lowest BCUT2D eigenvalue weighted by Gasteiger charge is -2.15. The number of hydrogen-bond acceptors (Lipinski definition) is 4. The lowest BCUT2D eigenvalue weighted by molar-refractivity contribution is -0.131. The molecule has 0 aromatic heterocycles. The molecule has 1 aliphatic heterocycles. The summed E-state index contributed by atoms with van der Waals surface area (Å²) < 4.78 is 4.59. The van der Waals surface area contributed by atoms with Gasteiger partial charge in [0.1, 0.15) is 0 Å². The van der Waals surface area contributed by atoms with Crippen molar-refractivity contribution in [3.63, 3.8) is 0 Å². The highest BCUT2D eigenvalue weighted by molar-refractivity contribution is 5.95. The molecule has 0 saturated carbocycles. The van der Waals surface area contributed by atoms with E-state index < -0.39 is 5.97 Å². The van der Waals surface area contributed by atoms with Crippen molar-refractivity contribution in [2.45, 2.75) is 12.8 Å². The van der Waals surface area contributed by atoms with Crippen LogP contribution in [-0.2, 0) is 14.3 Å². The van der Waals surface area contributed by atoms with E-state index in [0.717, 1.165) is 6.42 Å². The van der Waals surface area contributed by atoms with E-state index in [9.17, 15) is 14.4 Å². The number of methoxy groups -OCH3 is 1. The molecule has 106 valence electrons. The predicted octanol–water partition coefficient (Wildman–Crippen LogP) is 1.03. The summed E-state index contributed by atoms with van der Waals surface area (Å²) in [6.45, 7) is 0.700. The molecule has 2 rings (SSSR count). The van der Waals surface area contributed by atoms with Crippen molar-refractivity contribution in [3.8, 4) is 0 Å². The fraction of sp³-hybridized carbons (Fsp3) is 0.357. The smallest absolute Gasteiger partial charge is 0.337 e.